The number of hydrogen-bond donors (Lipinski definition) is 2. The number of benzene rings is 1. The van der Waals surface area contributed by atoms with Crippen LogP contribution in [-0.2, 0) is 16.1 Å². The third kappa shape index (κ3) is 3.62. The molecular formula is C14H17N5O4. The van der Waals surface area contributed by atoms with Crippen molar-refractivity contribution in [2.45, 2.75) is 26.5 Å². The number of nitrogens with zero attached hydrogens (tertiary/aromatic N) is 3. The zero-order valence-electron chi connectivity index (χ0n) is 13.0. The average molecular weight is 319 g/mol. The molecular weight excluding hydrogens is 302 g/mol. The molecule has 2 rings (SSSR count). The number of urea groups is 1. The molecule has 0 aliphatic heterocycles. The molecule has 0 bridgehead atoms. The largest absolute Gasteiger partial charge is 0.449 e. The maximum Gasteiger partial charge on any atom is 0.338 e. The summed E-state index contributed by atoms with van der Waals surface area (Å²) in [4.78, 5) is 34.8. The van der Waals surface area contributed by atoms with Crippen molar-refractivity contribution in [3.05, 3.63) is 23.8 Å². The van der Waals surface area contributed by atoms with Crippen LogP contribution in [0.5, 0.6) is 0 Å². The summed E-state index contributed by atoms with van der Waals surface area (Å²) in [6, 6.07) is 4.16. The highest BCUT2D eigenvalue weighted by Gasteiger charge is 2.21. The van der Waals surface area contributed by atoms with Gasteiger partial charge in [0.1, 0.15) is 5.52 Å². The average Bonchev–Trinajstić information content (AvgIpc) is 2.96. The summed E-state index contributed by atoms with van der Waals surface area (Å²) in [5, 5.41) is 12.2. The first-order valence-corrected chi connectivity index (χ1v) is 7.03. The van der Waals surface area contributed by atoms with Crippen LogP contribution in [0.4, 0.5) is 4.79 Å². The quantitative estimate of drug-likeness (QED) is 0.791. The summed E-state index contributed by atoms with van der Waals surface area (Å²) in [7, 11) is 1.37. The Morgan fingerprint density at radius 1 is 1.35 bits per heavy atom. The molecule has 0 aliphatic rings. The van der Waals surface area contributed by atoms with Gasteiger partial charge in [-0.1, -0.05) is 5.21 Å². The fraction of sp³-hybridized carbons (Fsp3) is 0.357. The molecule has 0 unspecified atom stereocenters. The molecule has 0 aliphatic carbocycles. The lowest BCUT2D eigenvalue weighted by molar-refractivity contribution is -0.127. The molecule has 1 heterocycles. The second kappa shape index (κ2) is 6.86. The monoisotopic (exact) mass is 319 g/mol. The summed E-state index contributed by atoms with van der Waals surface area (Å²) < 4.78 is 6.74. The van der Waals surface area contributed by atoms with Gasteiger partial charge in [0.05, 0.1) is 11.1 Å². The molecule has 0 saturated heterocycles. The van der Waals surface area contributed by atoms with E-state index in [0.717, 1.165) is 5.52 Å². The zero-order chi connectivity index (χ0) is 17.0. The Kier molecular flexibility index (Phi) is 4.89. The highest BCUT2D eigenvalue weighted by Crippen LogP contribution is 2.14. The Morgan fingerprint density at radius 3 is 2.74 bits per heavy atom. The van der Waals surface area contributed by atoms with Gasteiger partial charge in [-0.25, -0.2) is 14.3 Å². The molecule has 0 radical (unpaired) electrons. The van der Waals surface area contributed by atoms with Crippen LogP contribution < -0.4 is 10.6 Å². The summed E-state index contributed by atoms with van der Waals surface area (Å²) in [6.07, 6.45) is -1.11. The number of amides is 3. The number of fused-ring (bicyclic) bond motifs is 1. The van der Waals surface area contributed by atoms with Crippen molar-refractivity contribution in [1.82, 2.24) is 25.6 Å². The Hall–Kier alpha value is -2.97. The molecule has 1 aromatic heterocycles. The Morgan fingerprint density at radius 2 is 2.09 bits per heavy atom. The standard InChI is InChI=1S/C14H17N5O4/c1-4-19-11-6-5-9(7-10(11)17-18-19)13(21)23-8(2)12(20)16-14(22)15-3/h5-8H,4H2,1-3H3,(H2,15,16,20,22)/t8-/m0/s1. The van der Waals surface area contributed by atoms with E-state index in [-0.39, 0.29) is 5.56 Å². The van der Waals surface area contributed by atoms with E-state index in [1.807, 2.05) is 12.2 Å². The first-order chi connectivity index (χ1) is 11.0. The third-order valence-corrected chi connectivity index (χ3v) is 3.17. The van der Waals surface area contributed by atoms with E-state index in [1.165, 1.54) is 14.0 Å². The predicted molar refractivity (Wildman–Crippen MR) is 80.7 cm³/mol. The van der Waals surface area contributed by atoms with Gasteiger partial charge in [-0.15, -0.1) is 5.10 Å². The van der Waals surface area contributed by atoms with Gasteiger partial charge in [0.25, 0.3) is 5.91 Å². The van der Waals surface area contributed by atoms with Crippen molar-refractivity contribution in [3.8, 4) is 0 Å². The van der Waals surface area contributed by atoms with Gasteiger partial charge < -0.3 is 10.1 Å². The number of esters is 1. The molecule has 2 aromatic rings. The molecule has 9 heteroatoms. The van der Waals surface area contributed by atoms with Crippen LogP contribution in [-0.4, -0.2) is 46.1 Å². The van der Waals surface area contributed by atoms with E-state index in [0.29, 0.717) is 12.1 Å². The number of ether oxygens (including phenoxy) is 1. The van der Waals surface area contributed by atoms with Crippen LogP contribution in [0.1, 0.15) is 24.2 Å². The topological polar surface area (TPSA) is 115 Å². The van der Waals surface area contributed by atoms with E-state index >= 15 is 0 Å². The molecule has 0 spiro atoms. The first kappa shape index (κ1) is 16.4. The number of carbonyl (C=O) groups excluding carboxylic acids is 3. The maximum atomic E-state index is 12.1. The lowest BCUT2D eigenvalue weighted by Gasteiger charge is -2.12. The van der Waals surface area contributed by atoms with Crippen molar-refractivity contribution in [2.75, 3.05) is 7.05 Å². The fourth-order valence-corrected chi connectivity index (χ4v) is 1.89. The minimum absolute atomic E-state index is 0.250. The number of carbonyl (C=O) groups is 3. The second-order valence-corrected chi connectivity index (χ2v) is 4.72. The molecule has 2 N–H and O–H groups in total. The summed E-state index contributed by atoms with van der Waals surface area (Å²) in [5.41, 5.74) is 1.61. The van der Waals surface area contributed by atoms with Gasteiger partial charge in [0, 0.05) is 13.6 Å². The van der Waals surface area contributed by atoms with Crippen LogP contribution >= 0.6 is 0 Å². The van der Waals surface area contributed by atoms with Crippen molar-refractivity contribution in [1.29, 1.82) is 0 Å². The first-order valence-electron chi connectivity index (χ1n) is 7.03. The summed E-state index contributed by atoms with van der Waals surface area (Å²) in [6.45, 7) is 3.97. The summed E-state index contributed by atoms with van der Waals surface area (Å²) >= 11 is 0. The van der Waals surface area contributed by atoms with Crippen LogP contribution in [0.25, 0.3) is 11.0 Å². The maximum absolute atomic E-state index is 12.1. The minimum atomic E-state index is -1.11. The van der Waals surface area contributed by atoms with E-state index in [2.05, 4.69) is 15.6 Å². The zero-order valence-corrected chi connectivity index (χ0v) is 13.0. The Balaban J connectivity index is 2.08. The van der Waals surface area contributed by atoms with E-state index in [9.17, 15) is 14.4 Å². The molecule has 23 heavy (non-hydrogen) atoms. The second-order valence-electron chi connectivity index (χ2n) is 4.72. The van der Waals surface area contributed by atoms with Crippen LogP contribution in [0.15, 0.2) is 18.2 Å². The fourth-order valence-electron chi connectivity index (χ4n) is 1.89. The van der Waals surface area contributed by atoms with Crippen molar-refractivity contribution >= 4 is 28.9 Å². The van der Waals surface area contributed by atoms with Gasteiger partial charge in [0.15, 0.2) is 6.10 Å². The molecule has 1 atom stereocenters. The summed E-state index contributed by atoms with van der Waals surface area (Å²) in [5.74, 6) is -1.40. The van der Waals surface area contributed by atoms with Gasteiger partial charge in [-0.05, 0) is 32.0 Å². The van der Waals surface area contributed by atoms with Gasteiger partial charge in [-0.2, -0.15) is 0 Å². The van der Waals surface area contributed by atoms with Gasteiger partial charge >= 0.3 is 12.0 Å². The molecule has 122 valence electrons. The van der Waals surface area contributed by atoms with Crippen LogP contribution in [0.3, 0.4) is 0 Å². The Labute approximate surface area is 132 Å². The number of aryl methyl sites for hydroxylation is 1. The van der Waals surface area contributed by atoms with Crippen LogP contribution in [0, 0.1) is 0 Å². The van der Waals surface area contributed by atoms with Crippen LogP contribution in [0.2, 0.25) is 0 Å². The van der Waals surface area contributed by atoms with E-state index in [1.54, 1.807) is 22.9 Å². The van der Waals surface area contributed by atoms with Crippen molar-refractivity contribution < 1.29 is 19.1 Å². The predicted octanol–water partition coefficient (Wildman–Crippen LogP) is 0.452. The molecule has 0 fully saturated rings. The van der Waals surface area contributed by atoms with Gasteiger partial charge in [-0.3, -0.25) is 10.1 Å². The number of nitrogens with one attached hydrogen (secondary N) is 2. The SMILES string of the molecule is CCn1nnc2cc(C(=O)O[C@@H](C)C(=O)NC(=O)NC)ccc21. The highest BCUT2D eigenvalue weighted by atomic mass is 16.5. The lowest BCUT2D eigenvalue weighted by Crippen LogP contribution is -2.43. The normalized spacial score (nSPS) is 11.8. The smallest absolute Gasteiger partial charge is 0.338 e. The number of hydrogen-bond acceptors (Lipinski definition) is 6. The number of imide groups is 1. The molecule has 9 nitrogen and oxygen atoms in total. The molecule has 3 amide bonds. The number of aromatic nitrogens is 3. The molecule has 1 aromatic carbocycles. The molecule has 0 saturated carbocycles. The van der Waals surface area contributed by atoms with Crippen molar-refractivity contribution in [3.63, 3.8) is 0 Å². The van der Waals surface area contributed by atoms with Crippen molar-refractivity contribution in [2.24, 2.45) is 0 Å². The minimum Gasteiger partial charge on any atom is -0.449 e. The number of rotatable bonds is 4. The van der Waals surface area contributed by atoms with E-state index < -0.39 is 24.0 Å². The third-order valence-electron chi connectivity index (χ3n) is 3.17. The van der Waals surface area contributed by atoms with E-state index in [4.69, 9.17) is 4.74 Å². The lowest BCUT2D eigenvalue weighted by atomic mass is 10.2. The Bertz CT molecular complexity index is 755. The van der Waals surface area contributed by atoms with Gasteiger partial charge in [0.2, 0.25) is 0 Å². The highest BCUT2D eigenvalue weighted by molar-refractivity contribution is 5.99.